The van der Waals surface area contributed by atoms with Gasteiger partial charge in [0.15, 0.2) is 0 Å². The molecule has 0 fully saturated rings. The first-order valence-corrected chi connectivity index (χ1v) is 6.12. The number of aryl methyl sites for hydroxylation is 1. The van der Waals surface area contributed by atoms with E-state index in [9.17, 15) is 4.79 Å². The fraction of sp³-hybridized carbons (Fsp3) is 0.615. The molecular weight excluding hydrogens is 202 g/mol. The lowest BCUT2D eigenvalue weighted by atomic mass is 10.2. The Balaban J connectivity index is 2.62. The first-order chi connectivity index (χ1) is 7.70. The SMILES string of the molecule is CCCCCCn1ccc(C(=O)O)c1CC. The lowest BCUT2D eigenvalue weighted by Crippen LogP contribution is -2.06. The highest BCUT2D eigenvalue weighted by molar-refractivity contribution is 5.89. The molecule has 0 saturated heterocycles. The van der Waals surface area contributed by atoms with Crippen molar-refractivity contribution in [3.63, 3.8) is 0 Å². The Labute approximate surface area is 97.1 Å². The molecule has 0 aliphatic heterocycles. The van der Waals surface area contributed by atoms with Crippen LogP contribution in [-0.2, 0) is 13.0 Å². The van der Waals surface area contributed by atoms with Gasteiger partial charge in [-0.25, -0.2) is 4.79 Å². The molecular formula is C13H21NO2. The maximum atomic E-state index is 11.0. The van der Waals surface area contributed by atoms with Crippen molar-refractivity contribution in [1.82, 2.24) is 4.57 Å². The Morgan fingerprint density at radius 1 is 1.31 bits per heavy atom. The lowest BCUT2D eigenvalue weighted by Gasteiger charge is -2.08. The Morgan fingerprint density at radius 3 is 2.62 bits per heavy atom. The van der Waals surface area contributed by atoms with E-state index in [0.29, 0.717) is 5.56 Å². The second kappa shape index (κ2) is 6.36. The molecule has 0 bridgehead atoms. The summed E-state index contributed by atoms with van der Waals surface area (Å²) in [6.45, 7) is 5.14. The summed E-state index contributed by atoms with van der Waals surface area (Å²) in [5.74, 6) is -0.816. The summed E-state index contributed by atoms with van der Waals surface area (Å²) in [6, 6.07) is 1.71. The molecule has 1 aromatic heterocycles. The van der Waals surface area contributed by atoms with Gasteiger partial charge in [0.25, 0.3) is 0 Å². The molecule has 0 aliphatic carbocycles. The van der Waals surface area contributed by atoms with Crippen molar-refractivity contribution in [3.05, 3.63) is 23.5 Å². The van der Waals surface area contributed by atoms with Crippen molar-refractivity contribution >= 4 is 5.97 Å². The first-order valence-electron chi connectivity index (χ1n) is 6.12. The summed E-state index contributed by atoms with van der Waals surface area (Å²) in [6.07, 6.45) is 7.52. The van der Waals surface area contributed by atoms with E-state index in [1.165, 1.54) is 19.3 Å². The first kappa shape index (κ1) is 12.8. The summed E-state index contributed by atoms with van der Waals surface area (Å²) in [7, 11) is 0. The Bertz CT molecular complexity index is 342. The van der Waals surface area contributed by atoms with Crippen molar-refractivity contribution in [1.29, 1.82) is 0 Å². The van der Waals surface area contributed by atoms with Gasteiger partial charge in [0.1, 0.15) is 0 Å². The lowest BCUT2D eigenvalue weighted by molar-refractivity contribution is 0.0695. The molecule has 0 atom stereocenters. The largest absolute Gasteiger partial charge is 0.478 e. The van der Waals surface area contributed by atoms with Crippen molar-refractivity contribution in [2.45, 2.75) is 52.5 Å². The van der Waals surface area contributed by atoms with E-state index in [4.69, 9.17) is 5.11 Å². The summed E-state index contributed by atoms with van der Waals surface area (Å²) < 4.78 is 2.08. The number of rotatable bonds is 7. The van der Waals surface area contributed by atoms with Gasteiger partial charge in [-0.2, -0.15) is 0 Å². The molecule has 1 rings (SSSR count). The van der Waals surface area contributed by atoms with Crippen molar-refractivity contribution < 1.29 is 9.90 Å². The highest BCUT2D eigenvalue weighted by Gasteiger charge is 2.12. The zero-order valence-corrected chi connectivity index (χ0v) is 10.2. The predicted molar refractivity (Wildman–Crippen MR) is 64.9 cm³/mol. The zero-order valence-electron chi connectivity index (χ0n) is 10.2. The molecule has 0 aliphatic rings. The number of aromatic carboxylic acids is 1. The van der Waals surface area contributed by atoms with Crippen LogP contribution in [0.15, 0.2) is 12.3 Å². The molecule has 1 aromatic rings. The van der Waals surface area contributed by atoms with Crippen LogP contribution in [0.1, 0.15) is 55.6 Å². The summed E-state index contributed by atoms with van der Waals surface area (Å²) in [4.78, 5) is 11.0. The zero-order chi connectivity index (χ0) is 12.0. The van der Waals surface area contributed by atoms with Gasteiger partial charge in [0.2, 0.25) is 0 Å². The minimum atomic E-state index is -0.816. The van der Waals surface area contributed by atoms with E-state index in [-0.39, 0.29) is 0 Å². The number of hydrogen-bond acceptors (Lipinski definition) is 1. The van der Waals surface area contributed by atoms with Crippen LogP contribution in [0.5, 0.6) is 0 Å². The van der Waals surface area contributed by atoms with Gasteiger partial charge >= 0.3 is 5.97 Å². The molecule has 0 amide bonds. The number of carbonyl (C=O) groups is 1. The third-order valence-electron chi connectivity index (χ3n) is 2.90. The number of carboxylic acid groups (broad SMARTS) is 1. The maximum Gasteiger partial charge on any atom is 0.337 e. The van der Waals surface area contributed by atoms with Crippen LogP contribution in [-0.4, -0.2) is 15.6 Å². The highest BCUT2D eigenvalue weighted by Crippen LogP contribution is 2.13. The van der Waals surface area contributed by atoms with E-state index in [1.54, 1.807) is 6.07 Å². The average molecular weight is 223 g/mol. The van der Waals surface area contributed by atoms with Crippen LogP contribution in [0.3, 0.4) is 0 Å². The topological polar surface area (TPSA) is 42.2 Å². The summed E-state index contributed by atoms with van der Waals surface area (Å²) in [5.41, 5.74) is 1.40. The predicted octanol–water partition coefficient (Wildman–Crippen LogP) is 3.33. The molecule has 1 N–H and O–H groups in total. The Morgan fingerprint density at radius 2 is 2.06 bits per heavy atom. The van der Waals surface area contributed by atoms with Gasteiger partial charge in [-0.1, -0.05) is 33.1 Å². The highest BCUT2D eigenvalue weighted by atomic mass is 16.4. The van der Waals surface area contributed by atoms with Gasteiger partial charge in [-0.05, 0) is 18.9 Å². The second-order valence-electron chi connectivity index (χ2n) is 4.09. The summed E-state index contributed by atoms with van der Waals surface area (Å²) >= 11 is 0. The molecule has 3 nitrogen and oxygen atoms in total. The van der Waals surface area contributed by atoms with E-state index >= 15 is 0 Å². The number of unbranched alkanes of at least 4 members (excludes halogenated alkanes) is 3. The van der Waals surface area contributed by atoms with Gasteiger partial charge in [-0.3, -0.25) is 0 Å². The van der Waals surface area contributed by atoms with Gasteiger partial charge in [0, 0.05) is 18.4 Å². The van der Waals surface area contributed by atoms with Crippen LogP contribution in [0, 0.1) is 0 Å². The standard InChI is InChI=1S/C13H21NO2/c1-3-5-6-7-9-14-10-8-11(13(15)16)12(14)4-2/h8,10H,3-7,9H2,1-2H3,(H,15,16). The summed E-state index contributed by atoms with van der Waals surface area (Å²) in [5, 5.41) is 9.01. The van der Waals surface area contributed by atoms with Gasteiger partial charge in [0.05, 0.1) is 5.56 Å². The van der Waals surface area contributed by atoms with Crippen molar-refractivity contribution in [2.24, 2.45) is 0 Å². The smallest absolute Gasteiger partial charge is 0.337 e. The van der Waals surface area contributed by atoms with Crippen molar-refractivity contribution in [2.75, 3.05) is 0 Å². The van der Waals surface area contributed by atoms with E-state index in [0.717, 1.165) is 25.1 Å². The van der Waals surface area contributed by atoms with Crippen LogP contribution in [0.25, 0.3) is 0 Å². The Hall–Kier alpha value is -1.25. The minimum Gasteiger partial charge on any atom is -0.478 e. The molecule has 90 valence electrons. The molecule has 1 heterocycles. The molecule has 0 aromatic carbocycles. The monoisotopic (exact) mass is 223 g/mol. The number of aromatic nitrogens is 1. The van der Waals surface area contributed by atoms with E-state index in [1.807, 2.05) is 13.1 Å². The molecule has 0 radical (unpaired) electrons. The normalized spacial score (nSPS) is 10.6. The van der Waals surface area contributed by atoms with Crippen LogP contribution < -0.4 is 0 Å². The molecule has 0 saturated carbocycles. The van der Waals surface area contributed by atoms with Gasteiger partial charge in [-0.15, -0.1) is 0 Å². The Kier molecular flexibility index (Phi) is 5.09. The average Bonchev–Trinajstić information content (AvgIpc) is 2.67. The fourth-order valence-corrected chi connectivity index (χ4v) is 2.01. The maximum absolute atomic E-state index is 11.0. The van der Waals surface area contributed by atoms with E-state index < -0.39 is 5.97 Å². The quantitative estimate of drug-likeness (QED) is 0.720. The number of hydrogen-bond donors (Lipinski definition) is 1. The van der Waals surface area contributed by atoms with Crippen LogP contribution in [0.4, 0.5) is 0 Å². The number of nitrogens with zero attached hydrogens (tertiary/aromatic N) is 1. The third kappa shape index (κ3) is 3.12. The van der Waals surface area contributed by atoms with Crippen LogP contribution in [0.2, 0.25) is 0 Å². The van der Waals surface area contributed by atoms with Crippen molar-refractivity contribution in [3.8, 4) is 0 Å². The molecule has 3 heteroatoms. The van der Waals surface area contributed by atoms with E-state index in [2.05, 4.69) is 11.5 Å². The third-order valence-corrected chi connectivity index (χ3v) is 2.90. The molecule has 16 heavy (non-hydrogen) atoms. The fourth-order valence-electron chi connectivity index (χ4n) is 2.01. The molecule has 0 spiro atoms. The second-order valence-corrected chi connectivity index (χ2v) is 4.09. The van der Waals surface area contributed by atoms with Gasteiger partial charge < -0.3 is 9.67 Å². The minimum absolute atomic E-state index is 0.456. The van der Waals surface area contributed by atoms with Crippen LogP contribution >= 0.6 is 0 Å². The number of carboxylic acids is 1. The molecule has 0 unspecified atom stereocenters.